The SMILES string of the molecule is C[C@@H](Sc1ccccc1)C(=O)NCCCN1CCCC1. The van der Waals surface area contributed by atoms with Crippen molar-refractivity contribution in [1.29, 1.82) is 0 Å². The van der Waals surface area contributed by atoms with Crippen LogP contribution < -0.4 is 5.32 Å². The van der Waals surface area contributed by atoms with E-state index in [2.05, 4.69) is 10.2 Å². The molecular formula is C16H24N2OS. The van der Waals surface area contributed by atoms with E-state index in [1.165, 1.54) is 25.9 Å². The first kappa shape index (κ1) is 15.4. The van der Waals surface area contributed by atoms with Crippen LogP contribution in [0.3, 0.4) is 0 Å². The molecule has 1 heterocycles. The highest BCUT2D eigenvalue weighted by Gasteiger charge is 2.14. The van der Waals surface area contributed by atoms with Gasteiger partial charge in [-0.2, -0.15) is 0 Å². The smallest absolute Gasteiger partial charge is 0.233 e. The number of likely N-dealkylation sites (tertiary alicyclic amines) is 1. The van der Waals surface area contributed by atoms with Crippen molar-refractivity contribution in [1.82, 2.24) is 10.2 Å². The first-order valence-corrected chi connectivity index (χ1v) is 8.35. The van der Waals surface area contributed by atoms with Crippen molar-refractivity contribution in [2.75, 3.05) is 26.2 Å². The van der Waals surface area contributed by atoms with Gasteiger partial charge in [0.25, 0.3) is 0 Å². The van der Waals surface area contributed by atoms with Gasteiger partial charge in [-0.25, -0.2) is 0 Å². The van der Waals surface area contributed by atoms with Crippen LogP contribution in [-0.4, -0.2) is 42.2 Å². The Labute approximate surface area is 126 Å². The Bertz CT molecular complexity index is 404. The van der Waals surface area contributed by atoms with Gasteiger partial charge in [0.05, 0.1) is 5.25 Å². The van der Waals surface area contributed by atoms with Gasteiger partial charge in [0.2, 0.25) is 5.91 Å². The molecule has 0 spiro atoms. The van der Waals surface area contributed by atoms with E-state index in [0.29, 0.717) is 0 Å². The van der Waals surface area contributed by atoms with Crippen LogP contribution in [0.4, 0.5) is 0 Å². The van der Waals surface area contributed by atoms with Gasteiger partial charge in [-0.05, 0) is 58.0 Å². The zero-order valence-corrected chi connectivity index (χ0v) is 13.0. The topological polar surface area (TPSA) is 32.3 Å². The molecule has 0 aliphatic carbocycles. The largest absolute Gasteiger partial charge is 0.355 e. The fraction of sp³-hybridized carbons (Fsp3) is 0.562. The molecule has 0 unspecified atom stereocenters. The minimum absolute atomic E-state index is 0.0378. The molecule has 0 bridgehead atoms. The van der Waals surface area contributed by atoms with E-state index in [1.807, 2.05) is 37.3 Å². The number of carbonyl (C=O) groups excluding carboxylic acids is 1. The molecule has 4 heteroatoms. The molecule has 1 aromatic carbocycles. The number of thioether (sulfide) groups is 1. The number of amides is 1. The first-order valence-electron chi connectivity index (χ1n) is 7.47. The van der Waals surface area contributed by atoms with Crippen LogP contribution in [0.15, 0.2) is 35.2 Å². The predicted octanol–water partition coefficient (Wildman–Crippen LogP) is 2.77. The average molecular weight is 292 g/mol. The van der Waals surface area contributed by atoms with E-state index >= 15 is 0 Å². The first-order chi connectivity index (χ1) is 9.75. The molecule has 1 aromatic rings. The molecular weight excluding hydrogens is 268 g/mol. The maximum atomic E-state index is 12.0. The monoisotopic (exact) mass is 292 g/mol. The Morgan fingerprint density at radius 1 is 1.30 bits per heavy atom. The standard InChI is InChI=1S/C16H24N2OS/c1-14(20-15-8-3-2-4-9-15)16(19)17-10-7-13-18-11-5-6-12-18/h2-4,8-9,14H,5-7,10-13H2,1H3,(H,17,19)/t14-/m1/s1. The third-order valence-electron chi connectivity index (χ3n) is 3.57. The summed E-state index contributed by atoms with van der Waals surface area (Å²) in [5, 5.41) is 3.00. The molecule has 0 saturated carbocycles. The summed E-state index contributed by atoms with van der Waals surface area (Å²) in [6, 6.07) is 10.1. The minimum atomic E-state index is -0.0378. The summed E-state index contributed by atoms with van der Waals surface area (Å²) in [5.74, 6) is 0.139. The molecule has 1 atom stereocenters. The number of rotatable bonds is 7. The third kappa shape index (κ3) is 5.17. The second-order valence-corrected chi connectivity index (χ2v) is 6.68. The molecule has 1 N–H and O–H groups in total. The molecule has 3 nitrogen and oxygen atoms in total. The average Bonchev–Trinajstić information content (AvgIpc) is 2.97. The van der Waals surface area contributed by atoms with Gasteiger partial charge in [0.15, 0.2) is 0 Å². The Morgan fingerprint density at radius 2 is 2.00 bits per heavy atom. The molecule has 110 valence electrons. The molecule has 0 aromatic heterocycles. The van der Waals surface area contributed by atoms with Crippen LogP contribution in [-0.2, 0) is 4.79 Å². The number of hydrogen-bond donors (Lipinski definition) is 1. The van der Waals surface area contributed by atoms with E-state index in [0.717, 1.165) is 24.4 Å². The van der Waals surface area contributed by atoms with Crippen molar-refractivity contribution in [2.24, 2.45) is 0 Å². The third-order valence-corrected chi connectivity index (χ3v) is 4.69. The van der Waals surface area contributed by atoms with Crippen LogP contribution in [0.25, 0.3) is 0 Å². The van der Waals surface area contributed by atoms with Crippen molar-refractivity contribution in [3.63, 3.8) is 0 Å². The van der Waals surface area contributed by atoms with Crippen molar-refractivity contribution < 1.29 is 4.79 Å². The van der Waals surface area contributed by atoms with E-state index in [1.54, 1.807) is 11.8 Å². The summed E-state index contributed by atoms with van der Waals surface area (Å²) in [4.78, 5) is 15.6. The zero-order valence-electron chi connectivity index (χ0n) is 12.2. The van der Waals surface area contributed by atoms with Crippen LogP contribution in [0.5, 0.6) is 0 Å². The molecule has 1 aliphatic rings. The minimum Gasteiger partial charge on any atom is -0.355 e. The molecule has 0 radical (unpaired) electrons. The van der Waals surface area contributed by atoms with Crippen LogP contribution >= 0.6 is 11.8 Å². The second kappa shape index (κ2) is 8.32. The van der Waals surface area contributed by atoms with Gasteiger partial charge in [0.1, 0.15) is 0 Å². The molecule has 2 rings (SSSR count). The maximum absolute atomic E-state index is 12.0. The highest BCUT2D eigenvalue weighted by Crippen LogP contribution is 2.22. The van der Waals surface area contributed by atoms with Gasteiger partial charge < -0.3 is 10.2 Å². The van der Waals surface area contributed by atoms with Gasteiger partial charge >= 0.3 is 0 Å². The summed E-state index contributed by atoms with van der Waals surface area (Å²) in [7, 11) is 0. The number of carbonyl (C=O) groups is 1. The predicted molar refractivity (Wildman–Crippen MR) is 85.1 cm³/mol. The maximum Gasteiger partial charge on any atom is 0.233 e. The van der Waals surface area contributed by atoms with Gasteiger partial charge in [-0.1, -0.05) is 18.2 Å². The lowest BCUT2D eigenvalue weighted by Crippen LogP contribution is -2.33. The number of nitrogens with zero attached hydrogens (tertiary/aromatic N) is 1. The van der Waals surface area contributed by atoms with Gasteiger partial charge in [-0.15, -0.1) is 11.8 Å². The lowest BCUT2D eigenvalue weighted by Gasteiger charge is -2.15. The van der Waals surface area contributed by atoms with Crippen molar-refractivity contribution in [2.45, 2.75) is 36.3 Å². The highest BCUT2D eigenvalue weighted by atomic mass is 32.2. The highest BCUT2D eigenvalue weighted by molar-refractivity contribution is 8.00. The number of hydrogen-bond acceptors (Lipinski definition) is 3. The second-order valence-electron chi connectivity index (χ2n) is 5.27. The summed E-state index contributed by atoms with van der Waals surface area (Å²) >= 11 is 1.61. The fourth-order valence-electron chi connectivity index (χ4n) is 2.42. The summed E-state index contributed by atoms with van der Waals surface area (Å²) in [6.07, 6.45) is 3.71. The normalized spacial score (nSPS) is 17.1. The molecule has 1 saturated heterocycles. The zero-order chi connectivity index (χ0) is 14.2. The van der Waals surface area contributed by atoms with Crippen LogP contribution in [0.2, 0.25) is 0 Å². The molecule has 20 heavy (non-hydrogen) atoms. The molecule has 1 amide bonds. The van der Waals surface area contributed by atoms with E-state index in [-0.39, 0.29) is 11.2 Å². The summed E-state index contributed by atoms with van der Waals surface area (Å²) in [6.45, 7) is 6.32. The van der Waals surface area contributed by atoms with Crippen molar-refractivity contribution >= 4 is 17.7 Å². The van der Waals surface area contributed by atoms with Crippen LogP contribution in [0.1, 0.15) is 26.2 Å². The molecule has 1 aliphatic heterocycles. The van der Waals surface area contributed by atoms with E-state index < -0.39 is 0 Å². The van der Waals surface area contributed by atoms with Gasteiger partial charge in [-0.3, -0.25) is 4.79 Å². The summed E-state index contributed by atoms with van der Waals surface area (Å²) < 4.78 is 0. The fourth-order valence-corrected chi connectivity index (χ4v) is 3.33. The van der Waals surface area contributed by atoms with E-state index in [9.17, 15) is 4.79 Å². The Morgan fingerprint density at radius 3 is 2.70 bits per heavy atom. The van der Waals surface area contributed by atoms with Crippen molar-refractivity contribution in [3.05, 3.63) is 30.3 Å². The summed E-state index contributed by atoms with van der Waals surface area (Å²) in [5.41, 5.74) is 0. The Kier molecular flexibility index (Phi) is 6.40. The van der Waals surface area contributed by atoms with Gasteiger partial charge in [0, 0.05) is 11.4 Å². The van der Waals surface area contributed by atoms with Crippen LogP contribution in [0, 0.1) is 0 Å². The number of benzene rings is 1. The lowest BCUT2D eigenvalue weighted by atomic mass is 10.3. The quantitative estimate of drug-likeness (QED) is 0.619. The molecule has 1 fully saturated rings. The van der Waals surface area contributed by atoms with Crippen molar-refractivity contribution in [3.8, 4) is 0 Å². The Balaban J connectivity index is 1.61. The lowest BCUT2D eigenvalue weighted by molar-refractivity contribution is -0.120. The number of nitrogens with one attached hydrogen (secondary N) is 1. The Hall–Kier alpha value is -1.00. The van der Waals surface area contributed by atoms with E-state index in [4.69, 9.17) is 0 Å².